The van der Waals surface area contributed by atoms with Crippen molar-refractivity contribution < 1.29 is 4.42 Å². The molecule has 0 amide bonds. The maximum absolute atomic E-state index is 5.92. The Balaban J connectivity index is 2.23. The first-order chi connectivity index (χ1) is 9.15. The summed E-state index contributed by atoms with van der Waals surface area (Å²) in [4.78, 5) is 2.16. The van der Waals surface area contributed by atoms with Gasteiger partial charge in [0.2, 0.25) is 0 Å². The Morgan fingerprint density at radius 3 is 2.37 bits per heavy atom. The molecule has 0 bridgehead atoms. The fourth-order valence-electron chi connectivity index (χ4n) is 2.19. The molecule has 2 rings (SSSR count). The van der Waals surface area contributed by atoms with E-state index >= 15 is 0 Å². The monoisotopic (exact) mass is 258 g/mol. The predicted molar refractivity (Wildman–Crippen MR) is 79.5 cm³/mol. The highest BCUT2D eigenvalue weighted by atomic mass is 16.3. The van der Waals surface area contributed by atoms with Crippen LogP contribution in [0.2, 0.25) is 0 Å². The average molecular weight is 258 g/mol. The highest BCUT2D eigenvalue weighted by molar-refractivity contribution is 5.48. The third-order valence-corrected chi connectivity index (χ3v) is 3.49. The molecular formula is C16H22N2O. The van der Waals surface area contributed by atoms with Gasteiger partial charge < -0.3 is 15.1 Å². The summed E-state index contributed by atoms with van der Waals surface area (Å²) in [6.07, 6.45) is 0.908. The van der Waals surface area contributed by atoms with Crippen LogP contribution in [0.4, 0.5) is 5.69 Å². The summed E-state index contributed by atoms with van der Waals surface area (Å²) < 4.78 is 5.83. The minimum atomic E-state index is 0.0722. The molecule has 19 heavy (non-hydrogen) atoms. The van der Waals surface area contributed by atoms with Crippen LogP contribution in [0.25, 0.3) is 0 Å². The second kappa shape index (κ2) is 5.93. The molecule has 3 heteroatoms. The molecular weight excluding hydrogens is 236 g/mol. The first kappa shape index (κ1) is 13.7. The van der Waals surface area contributed by atoms with Crippen LogP contribution in [0, 0.1) is 6.92 Å². The summed E-state index contributed by atoms with van der Waals surface area (Å²) in [5.74, 6) is 1.94. The summed E-state index contributed by atoms with van der Waals surface area (Å²) in [6.45, 7) is 4.70. The van der Waals surface area contributed by atoms with Gasteiger partial charge in [0.1, 0.15) is 11.5 Å². The Hall–Kier alpha value is -1.74. The minimum Gasteiger partial charge on any atom is -0.464 e. The van der Waals surface area contributed by atoms with Gasteiger partial charge in [-0.1, -0.05) is 24.6 Å². The molecule has 3 nitrogen and oxygen atoms in total. The van der Waals surface area contributed by atoms with Crippen molar-refractivity contribution in [3.63, 3.8) is 0 Å². The number of hydrogen-bond acceptors (Lipinski definition) is 3. The lowest BCUT2D eigenvalue weighted by Crippen LogP contribution is -2.30. The molecule has 0 saturated carbocycles. The van der Waals surface area contributed by atoms with Gasteiger partial charge >= 0.3 is 0 Å². The van der Waals surface area contributed by atoms with Gasteiger partial charge in [0.05, 0.1) is 6.04 Å². The number of rotatable bonds is 5. The standard InChI is InChI=1S/C16H22N2O/c1-4-14-9-10-16(19-14)15(11-17)18(3)13-7-5-12(2)6-8-13/h5-10,15H,4,11,17H2,1-3H3. The molecule has 0 aliphatic heterocycles. The summed E-state index contributed by atoms with van der Waals surface area (Å²) in [6, 6.07) is 12.6. The Bertz CT molecular complexity index is 516. The van der Waals surface area contributed by atoms with Gasteiger partial charge in [-0.2, -0.15) is 0 Å². The number of nitrogens with zero attached hydrogens (tertiary/aromatic N) is 1. The summed E-state index contributed by atoms with van der Waals surface area (Å²) in [5, 5.41) is 0. The topological polar surface area (TPSA) is 42.4 Å². The fourth-order valence-corrected chi connectivity index (χ4v) is 2.19. The zero-order valence-corrected chi connectivity index (χ0v) is 11.9. The number of likely N-dealkylation sites (N-methyl/N-ethyl adjacent to an activating group) is 1. The van der Waals surface area contributed by atoms with E-state index in [-0.39, 0.29) is 6.04 Å². The van der Waals surface area contributed by atoms with E-state index in [4.69, 9.17) is 10.2 Å². The van der Waals surface area contributed by atoms with Gasteiger partial charge in [0.15, 0.2) is 0 Å². The van der Waals surface area contributed by atoms with Gasteiger partial charge in [-0.25, -0.2) is 0 Å². The van der Waals surface area contributed by atoms with Crippen LogP contribution < -0.4 is 10.6 Å². The van der Waals surface area contributed by atoms with Crippen molar-refractivity contribution in [1.29, 1.82) is 0 Å². The molecule has 0 aliphatic carbocycles. The third-order valence-electron chi connectivity index (χ3n) is 3.49. The first-order valence-corrected chi connectivity index (χ1v) is 6.74. The zero-order chi connectivity index (χ0) is 13.8. The molecule has 102 valence electrons. The van der Waals surface area contributed by atoms with E-state index < -0.39 is 0 Å². The second-order valence-corrected chi connectivity index (χ2v) is 4.86. The largest absolute Gasteiger partial charge is 0.464 e. The van der Waals surface area contributed by atoms with Crippen LogP contribution in [-0.2, 0) is 6.42 Å². The van der Waals surface area contributed by atoms with Crippen molar-refractivity contribution in [1.82, 2.24) is 0 Å². The van der Waals surface area contributed by atoms with Gasteiger partial charge in [0, 0.05) is 25.7 Å². The van der Waals surface area contributed by atoms with Gasteiger partial charge in [0.25, 0.3) is 0 Å². The number of hydrogen-bond donors (Lipinski definition) is 1. The molecule has 1 aromatic carbocycles. The summed E-state index contributed by atoms with van der Waals surface area (Å²) >= 11 is 0. The maximum Gasteiger partial charge on any atom is 0.127 e. The molecule has 1 heterocycles. The molecule has 1 atom stereocenters. The number of benzene rings is 1. The number of anilines is 1. The van der Waals surface area contributed by atoms with E-state index in [1.165, 1.54) is 5.56 Å². The van der Waals surface area contributed by atoms with Crippen LogP contribution in [0.15, 0.2) is 40.8 Å². The molecule has 1 unspecified atom stereocenters. The molecule has 0 aliphatic rings. The van der Waals surface area contributed by atoms with Crippen LogP contribution in [-0.4, -0.2) is 13.6 Å². The van der Waals surface area contributed by atoms with Gasteiger partial charge in [-0.05, 0) is 31.2 Å². The number of nitrogens with two attached hydrogens (primary N) is 1. The Morgan fingerprint density at radius 1 is 1.16 bits per heavy atom. The molecule has 2 aromatic rings. The Kier molecular flexibility index (Phi) is 4.27. The normalized spacial score (nSPS) is 12.4. The van der Waals surface area contributed by atoms with Gasteiger partial charge in [-0.15, -0.1) is 0 Å². The van der Waals surface area contributed by atoms with Crippen molar-refractivity contribution in [2.45, 2.75) is 26.3 Å². The molecule has 0 spiro atoms. The van der Waals surface area contributed by atoms with Crippen LogP contribution >= 0.6 is 0 Å². The second-order valence-electron chi connectivity index (χ2n) is 4.86. The highest BCUT2D eigenvalue weighted by Crippen LogP contribution is 2.26. The van der Waals surface area contributed by atoms with Crippen LogP contribution in [0.3, 0.4) is 0 Å². The molecule has 0 saturated heterocycles. The van der Waals surface area contributed by atoms with Crippen molar-refractivity contribution >= 4 is 5.69 Å². The van der Waals surface area contributed by atoms with Crippen molar-refractivity contribution in [2.24, 2.45) is 5.73 Å². The SMILES string of the molecule is CCc1ccc(C(CN)N(C)c2ccc(C)cc2)o1. The Morgan fingerprint density at radius 2 is 1.84 bits per heavy atom. The van der Waals surface area contributed by atoms with Crippen LogP contribution in [0.1, 0.15) is 30.0 Å². The Labute approximate surface area is 115 Å². The average Bonchev–Trinajstić information content (AvgIpc) is 2.89. The van der Waals surface area contributed by atoms with E-state index in [2.05, 4.69) is 50.1 Å². The maximum atomic E-state index is 5.92. The van der Waals surface area contributed by atoms with Crippen LogP contribution in [0.5, 0.6) is 0 Å². The minimum absolute atomic E-state index is 0.0722. The number of furan rings is 1. The van der Waals surface area contributed by atoms with E-state index in [9.17, 15) is 0 Å². The third kappa shape index (κ3) is 2.99. The van der Waals surface area contributed by atoms with Gasteiger partial charge in [-0.3, -0.25) is 0 Å². The smallest absolute Gasteiger partial charge is 0.127 e. The molecule has 1 aromatic heterocycles. The van der Waals surface area contributed by atoms with Crippen molar-refractivity contribution in [3.8, 4) is 0 Å². The molecule has 2 N–H and O–H groups in total. The predicted octanol–water partition coefficient (Wildman–Crippen LogP) is 3.29. The lowest BCUT2D eigenvalue weighted by atomic mass is 10.1. The molecule has 0 fully saturated rings. The number of aryl methyl sites for hydroxylation is 2. The summed E-state index contributed by atoms with van der Waals surface area (Å²) in [7, 11) is 2.05. The first-order valence-electron chi connectivity index (χ1n) is 6.74. The fraction of sp³-hybridized carbons (Fsp3) is 0.375. The zero-order valence-electron chi connectivity index (χ0n) is 11.9. The summed E-state index contributed by atoms with van der Waals surface area (Å²) in [5.41, 5.74) is 8.33. The lowest BCUT2D eigenvalue weighted by Gasteiger charge is -2.27. The quantitative estimate of drug-likeness (QED) is 0.895. The van der Waals surface area contributed by atoms with E-state index in [0.717, 1.165) is 23.6 Å². The van der Waals surface area contributed by atoms with E-state index in [1.807, 2.05) is 12.1 Å². The van der Waals surface area contributed by atoms with Crippen molar-refractivity contribution in [2.75, 3.05) is 18.5 Å². The lowest BCUT2D eigenvalue weighted by molar-refractivity contribution is 0.431. The highest BCUT2D eigenvalue weighted by Gasteiger charge is 2.19. The van der Waals surface area contributed by atoms with E-state index in [1.54, 1.807) is 0 Å². The van der Waals surface area contributed by atoms with E-state index in [0.29, 0.717) is 6.54 Å². The molecule has 0 radical (unpaired) electrons. The van der Waals surface area contributed by atoms with Crippen molar-refractivity contribution in [3.05, 3.63) is 53.5 Å².